The fourth-order valence-electron chi connectivity index (χ4n) is 2.61. The van der Waals surface area contributed by atoms with Crippen LogP contribution in [-0.2, 0) is 5.41 Å². The van der Waals surface area contributed by atoms with E-state index in [1.54, 1.807) is 0 Å². The lowest BCUT2D eigenvalue weighted by Crippen LogP contribution is -2.46. The van der Waals surface area contributed by atoms with E-state index >= 15 is 0 Å². The molecule has 100 valence electrons. The van der Waals surface area contributed by atoms with Crippen molar-refractivity contribution >= 4 is 5.69 Å². The van der Waals surface area contributed by atoms with Crippen molar-refractivity contribution < 1.29 is 5.11 Å². The maximum Gasteiger partial charge on any atom is 0.0629 e. The Morgan fingerprint density at radius 2 is 2.00 bits per heavy atom. The third kappa shape index (κ3) is 2.52. The molecule has 1 aliphatic rings. The lowest BCUT2D eigenvalue weighted by Gasteiger charge is -2.29. The number of para-hydroxylation sites is 1. The first-order valence-electron chi connectivity index (χ1n) is 6.60. The smallest absolute Gasteiger partial charge is 0.0629 e. The van der Waals surface area contributed by atoms with Crippen molar-refractivity contribution in [1.82, 2.24) is 0 Å². The van der Waals surface area contributed by atoms with Gasteiger partial charge in [-0.3, -0.25) is 0 Å². The van der Waals surface area contributed by atoms with E-state index in [1.165, 1.54) is 11.3 Å². The van der Waals surface area contributed by atoms with Gasteiger partial charge >= 0.3 is 0 Å². The third-order valence-electron chi connectivity index (χ3n) is 3.75. The maximum absolute atomic E-state index is 9.37. The molecule has 1 unspecified atom stereocenters. The molecule has 1 fully saturated rings. The third-order valence-corrected chi connectivity index (χ3v) is 3.75. The molecule has 0 aliphatic carbocycles. The highest BCUT2D eigenvalue weighted by Crippen LogP contribution is 2.34. The van der Waals surface area contributed by atoms with Gasteiger partial charge in [0.1, 0.15) is 0 Å². The van der Waals surface area contributed by atoms with Crippen LogP contribution >= 0.6 is 0 Å². The van der Waals surface area contributed by atoms with Crippen molar-refractivity contribution in [1.29, 1.82) is 0 Å². The van der Waals surface area contributed by atoms with Crippen LogP contribution in [0, 0.1) is 0 Å². The van der Waals surface area contributed by atoms with Gasteiger partial charge in [-0.05, 0) is 23.5 Å². The first kappa shape index (κ1) is 13.4. The number of hydrogen-bond donors (Lipinski definition) is 2. The van der Waals surface area contributed by atoms with E-state index in [2.05, 4.69) is 49.9 Å². The minimum atomic E-state index is -0.439. The lowest BCUT2D eigenvalue weighted by molar-refractivity contribution is 0.210. The standard InChI is InChI=1S/C15H24N2O/c1-14(2,3)12-6-4-5-7-13(12)17-9-8-15(16,10-17)11-18/h4-7,18H,8-11,16H2,1-3H3. The van der Waals surface area contributed by atoms with Crippen molar-refractivity contribution in [3.8, 4) is 0 Å². The van der Waals surface area contributed by atoms with Crippen LogP contribution in [0.3, 0.4) is 0 Å². The maximum atomic E-state index is 9.37. The molecule has 0 aromatic heterocycles. The van der Waals surface area contributed by atoms with Gasteiger partial charge in [0.05, 0.1) is 12.1 Å². The molecule has 3 nitrogen and oxygen atoms in total. The Hall–Kier alpha value is -1.06. The van der Waals surface area contributed by atoms with Crippen molar-refractivity contribution in [2.45, 2.75) is 38.1 Å². The first-order chi connectivity index (χ1) is 8.36. The SMILES string of the molecule is CC(C)(C)c1ccccc1N1CCC(N)(CO)C1. The molecule has 0 bridgehead atoms. The summed E-state index contributed by atoms with van der Waals surface area (Å²) in [5.74, 6) is 0. The summed E-state index contributed by atoms with van der Waals surface area (Å²) in [6.45, 7) is 8.39. The van der Waals surface area contributed by atoms with E-state index in [4.69, 9.17) is 5.73 Å². The normalized spacial score (nSPS) is 24.6. The quantitative estimate of drug-likeness (QED) is 0.840. The molecular formula is C15H24N2O. The molecular weight excluding hydrogens is 224 g/mol. The van der Waals surface area contributed by atoms with Crippen LogP contribution in [0.4, 0.5) is 5.69 Å². The fourth-order valence-corrected chi connectivity index (χ4v) is 2.61. The number of anilines is 1. The van der Waals surface area contributed by atoms with E-state index in [-0.39, 0.29) is 12.0 Å². The number of aliphatic hydroxyl groups is 1. The number of nitrogens with two attached hydrogens (primary N) is 1. The summed E-state index contributed by atoms with van der Waals surface area (Å²) in [6.07, 6.45) is 0.849. The van der Waals surface area contributed by atoms with E-state index in [9.17, 15) is 5.11 Å². The van der Waals surface area contributed by atoms with Crippen LogP contribution in [0.5, 0.6) is 0 Å². The summed E-state index contributed by atoms with van der Waals surface area (Å²) >= 11 is 0. The molecule has 1 heterocycles. The van der Waals surface area contributed by atoms with Gasteiger partial charge in [-0.2, -0.15) is 0 Å². The van der Waals surface area contributed by atoms with Crippen molar-refractivity contribution in [3.63, 3.8) is 0 Å². The largest absolute Gasteiger partial charge is 0.394 e. The Labute approximate surface area is 110 Å². The van der Waals surface area contributed by atoms with Gasteiger partial charge in [0.25, 0.3) is 0 Å². The summed E-state index contributed by atoms with van der Waals surface area (Å²) in [7, 11) is 0. The molecule has 0 amide bonds. The number of aliphatic hydroxyl groups excluding tert-OH is 1. The highest BCUT2D eigenvalue weighted by atomic mass is 16.3. The molecule has 2 rings (SSSR count). The summed E-state index contributed by atoms with van der Waals surface area (Å²) in [6, 6.07) is 8.50. The van der Waals surface area contributed by atoms with Crippen LogP contribution in [-0.4, -0.2) is 30.3 Å². The second-order valence-electron chi connectivity index (χ2n) is 6.46. The molecule has 18 heavy (non-hydrogen) atoms. The van der Waals surface area contributed by atoms with Gasteiger partial charge in [0, 0.05) is 18.8 Å². The molecule has 1 atom stereocenters. The zero-order chi connectivity index (χ0) is 13.4. The molecule has 1 aliphatic heterocycles. The number of hydrogen-bond acceptors (Lipinski definition) is 3. The monoisotopic (exact) mass is 248 g/mol. The van der Waals surface area contributed by atoms with Gasteiger partial charge in [-0.15, -0.1) is 0 Å². The second-order valence-corrected chi connectivity index (χ2v) is 6.46. The minimum Gasteiger partial charge on any atom is -0.394 e. The lowest BCUT2D eigenvalue weighted by atomic mass is 9.85. The Kier molecular flexibility index (Phi) is 3.39. The Bertz CT molecular complexity index is 425. The van der Waals surface area contributed by atoms with E-state index in [0.717, 1.165) is 19.5 Å². The topological polar surface area (TPSA) is 49.5 Å². The average Bonchev–Trinajstić information content (AvgIpc) is 2.72. The Balaban J connectivity index is 2.31. The van der Waals surface area contributed by atoms with Gasteiger partial charge in [0.2, 0.25) is 0 Å². The molecule has 0 saturated carbocycles. The van der Waals surface area contributed by atoms with Crippen molar-refractivity contribution in [2.75, 3.05) is 24.6 Å². The van der Waals surface area contributed by atoms with Crippen LogP contribution in [0.1, 0.15) is 32.8 Å². The summed E-state index contributed by atoms with van der Waals surface area (Å²) < 4.78 is 0. The molecule has 1 aromatic rings. The summed E-state index contributed by atoms with van der Waals surface area (Å²) in [5, 5.41) is 9.37. The minimum absolute atomic E-state index is 0.0567. The van der Waals surface area contributed by atoms with Crippen LogP contribution < -0.4 is 10.6 Å². The zero-order valence-electron chi connectivity index (χ0n) is 11.6. The van der Waals surface area contributed by atoms with Gasteiger partial charge < -0.3 is 15.7 Å². The van der Waals surface area contributed by atoms with E-state index < -0.39 is 5.54 Å². The first-order valence-corrected chi connectivity index (χ1v) is 6.60. The van der Waals surface area contributed by atoms with Crippen LogP contribution in [0.25, 0.3) is 0 Å². The van der Waals surface area contributed by atoms with Crippen molar-refractivity contribution in [2.24, 2.45) is 5.73 Å². The average molecular weight is 248 g/mol. The summed E-state index contributed by atoms with van der Waals surface area (Å²) in [4.78, 5) is 2.30. The number of rotatable bonds is 2. The van der Waals surface area contributed by atoms with Gasteiger partial charge in [-0.1, -0.05) is 39.0 Å². The molecule has 3 heteroatoms. The van der Waals surface area contributed by atoms with Crippen LogP contribution in [0.15, 0.2) is 24.3 Å². The second kappa shape index (κ2) is 4.56. The molecule has 0 radical (unpaired) electrons. The molecule has 1 saturated heterocycles. The highest BCUT2D eigenvalue weighted by Gasteiger charge is 2.35. The van der Waals surface area contributed by atoms with Gasteiger partial charge in [-0.25, -0.2) is 0 Å². The predicted octanol–water partition coefficient (Wildman–Crippen LogP) is 1.88. The van der Waals surface area contributed by atoms with Gasteiger partial charge in [0.15, 0.2) is 0 Å². The van der Waals surface area contributed by atoms with E-state index in [1.807, 2.05) is 0 Å². The molecule has 3 N–H and O–H groups in total. The summed E-state index contributed by atoms with van der Waals surface area (Å²) in [5.41, 5.74) is 8.43. The van der Waals surface area contributed by atoms with Crippen molar-refractivity contribution in [3.05, 3.63) is 29.8 Å². The predicted molar refractivity (Wildman–Crippen MR) is 76.0 cm³/mol. The molecule has 0 spiro atoms. The fraction of sp³-hybridized carbons (Fsp3) is 0.600. The Morgan fingerprint density at radius 1 is 1.33 bits per heavy atom. The zero-order valence-corrected chi connectivity index (χ0v) is 11.6. The number of benzene rings is 1. The number of nitrogens with zero attached hydrogens (tertiary/aromatic N) is 1. The Morgan fingerprint density at radius 3 is 2.56 bits per heavy atom. The highest BCUT2D eigenvalue weighted by molar-refractivity contribution is 5.57. The van der Waals surface area contributed by atoms with E-state index in [0.29, 0.717) is 0 Å². The van der Waals surface area contributed by atoms with Crippen LogP contribution in [0.2, 0.25) is 0 Å². The molecule has 1 aromatic carbocycles.